The predicted molar refractivity (Wildman–Crippen MR) is 253 cm³/mol. The number of para-hydroxylation sites is 2. The second-order valence-electron chi connectivity index (χ2n) is 15.8. The Morgan fingerprint density at radius 2 is 0.984 bits per heavy atom. The van der Waals surface area contributed by atoms with E-state index in [0.29, 0.717) is 27.8 Å². The number of benzene rings is 9. The molecule has 0 unspecified atom stereocenters. The molecule has 64 heavy (non-hydrogen) atoms. The normalized spacial score (nSPS) is 11.6. The van der Waals surface area contributed by atoms with Gasteiger partial charge in [0.2, 0.25) is 0 Å². The van der Waals surface area contributed by atoms with Crippen LogP contribution in [-0.4, -0.2) is 9.13 Å². The molecular weight excluding hydrogens is 798 g/mol. The Labute approximate surface area is 366 Å². The SMILES string of the molecule is [C-]#[N+]c1cc(C(F)(F)F)ccc1-c1ccc(-n2c3ccccc3c3cc(-c4ccccc4)ccc32)cc1-c1cc(C#N)ccc1-n1c2ccccc2c2cc(-c3ccccc3)ccc21. The molecule has 0 bridgehead atoms. The summed E-state index contributed by atoms with van der Waals surface area (Å²) >= 11 is 0. The lowest BCUT2D eigenvalue weighted by molar-refractivity contribution is -0.137. The Bertz CT molecular complexity index is 3730. The molecule has 0 N–H and O–H groups in total. The molecule has 0 fully saturated rings. The Kier molecular flexibility index (Phi) is 9.01. The van der Waals surface area contributed by atoms with E-state index < -0.39 is 11.7 Å². The van der Waals surface area contributed by atoms with Crippen molar-refractivity contribution in [3.8, 4) is 62.0 Å². The summed E-state index contributed by atoms with van der Waals surface area (Å²) in [5.74, 6) is 0. The van der Waals surface area contributed by atoms with E-state index in [4.69, 9.17) is 6.57 Å². The first-order valence-corrected chi connectivity index (χ1v) is 20.7. The summed E-state index contributed by atoms with van der Waals surface area (Å²) in [6.45, 7) is 8.11. The Morgan fingerprint density at radius 1 is 0.438 bits per heavy atom. The molecule has 0 aliphatic carbocycles. The first kappa shape index (κ1) is 38.3. The molecule has 302 valence electrons. The van der Waals surface area contributed by atoms with Gasteiger partial charge in [-0.3, -0.25) is 0 Å². The molecular formula is C57H33F3N4. The molecule has 0 spiro atoms. The second kappa shape index (κ2) is 15.1. The van der Waals surface area contributed by atoms with E-state index in [1.165, 1.54) is 6.07 Å². The maximum atomic E-state index is 14.1. The third-order valence-corrected chi connectivity index (χ3v) is 12.2. The minimum Gasteiger partial charge on any atom is -0.309 e. The van der Waals surface area contributed by atoms with Crippen LogP contribution in [0.4, 0.5) is 18.9 Å². The summed E-state index contributed by atoms with van der Waals surface area (Å²) in [4.78, 5) is 3.65. The van der Waals surface area contributed by atoms with Gasteiger partial charge in [-0.15, -0.1) is 0 Å². The number of halogens is 3. The Hall–Kier alpha value is -8.65. The number of alkyl halides is 3. The van der Waals surface area contributed by atoms with Gasteiger partial charge in [0.05, 0.1) is 46.0 Å². The molecule has 2 heterocycles. The summed E-state index contributed by atoms with van der Waals surface area (Å²) in [5, 5.41) is 14.6. The zero-order valence-electron chi connectivity index (χ0n) is 34.0. The molecule has 0 radical (unpaired) electrons. The molecule has 0 atom stereocenters. The van der Waals surface area contributed by atoms with Crippen LogP contribution < -0.4 is 0 Å². The van der Waals surface area contributed by atoms with E-state index in [-0.39, 0.29) is 5.69 Å². The van der Waals surface area contributed by atoms with Gasteiger partial charge in [0.15, 0.2) is 5.69 Å². The molecule has 0 saturated carbocycles. The fraction of sp³-hybridized carbons (Fsp3) is 0.0175. The first-order chi connectivity index (χ1) is 31.3. The topological polar surface area (TPSA) is 38.0 Å². The quantitative estimate of drug-likeness (QED) is 0.154. The minimum atomic E-state index is -4.63. The van der Waals surface area contributed by atoms with Crippen LogP contribution in [-0.2, 0) is 6.18 Å². The van der Waals surface area contributed by atoms with Gasteiger partial charge in [-0.1, -0.05) is 127 Å². The first-order valence-electron chi connectivity index (χ1n) is 20.7. The predicted octanol–water partition coefficient (Wildman–Crippen LogP) is 16.0. The summed E-state index contributed by atoms with van der Waals surface area (Å²) < 4.78 is 46.7. The van der Waals surface area contributed by atoms with E-state index in [2.05, 4.69) is 105 Å². The monoisotopic (exact) mass is 830 g/mol. The van der Waals surface area contributed by atoms with Crippen LogP contribution in [0.1, 0.15) is 11.1 Å². The third-order valence-electron chi connectivity index (χ3n) is 12.2. The van der Waals surface area contributed by atoms with Gasteiger partial charge in [-0.05, 0) is 112 Å². The molecule has 0 aliphatic rings. The molecule has 0 amide bonds. The van der Waals surface area contributed by atoms with Gasteiger partial charge in [0, 0.05) is 38.4 Å². The van der Waals surface area contributed by atoms with Gasteiger partial charge in [0.25, 0.3) is 0 Å². The van der Waals surface area contributed by atoms with Crippen LogP contribution >= 0.6 is 0 Å². The van der Waals surface area contributed by atoms with Gasteiger partial charge in [0.1, 0.15) is 0 Å². The van der Waals surface area contributed by atoms with Crippen LogP contribution in [0, 0.1) is 17.9 Å². The molecule has 11 rings (SSSR count). The van der Waals surface area contributed by atoms with E-state index >= 15 is 0 Å². The highest BCUT2D eigenvalue weighted by molar-refractivity contribution is 6.12. The summed E-state index contributed by atoms with van der Waals surface area (Å²) in [6.07, 6.45) is -4.63. The van der Waals surface area contributed by atoms with Crippen molar-refractivity contribution in [1.29, 1.82) is 5.26 Å². The standard InChI is InChI=1S/C57H33F3N4/c1-62-51-33-41(57(58,59)60)23-25-44(51)43-26-24-42(63-52-18-10-8-16-45(52)49-31-39(21-28-54(49)63)37-12-4-2-5-13-37)34-47(43)48-30-36(35-61)20-27-55(48)64-53-19-11-9-17-46(53)50-32-40(22-29-56(50)64)38-14-6-3-7-15-38/h2-34H. The Balaban J connectivity index is 1.21. The lowest BCUT2D eigenvalue weighted by Crippen LogP contribution is -2.04. The van der Waals surface area contributed by atoms with Crippen molar-refractivity contribution in [3.05, 3.63) is 223 Å². The smallest absolute Gasteiger partial charge is 0.309 e. The van der Waals surface area contributed by atoms with Crippen LogP contribution in [0.2, 0.25) is 0 Å². The number of fused-ring (bicyclic) bond motifs is 6. The molecule has 9 aromatic carbocycles. The third kappa shape index (κ3) is 6.30. The lowest BCUT2D eigenvalue weighted by atomic mass is 9.90. The van der Waals surface area contributed by atoms with Gasteiger partial charge < -0.3 is 9.13 Å². The maximum Gasteiger partial charge on any atom is 0.415 e. The fourth-order valence-electron chi connectivity index (χ4n) is 9.28. The summed E-state index contributed by atoms with van der Waals surface area (Å²) in [7, 11) is 0. The molecule has 0 aliphatic heterocycles. The minimum absolute atomic E-state index is 0.127. The van der Waals surface area contributed by atoms with Crippen LogP contribution in [0.3, 0.4) is 0 Å². The number of nitriles is 1. The summed E-state index contributed by atoms with van der Waals surface area (Å²) in [5.41, 5.74) is 11.4. The van der Waals surface area contributed by atoms with Gasteiger partial charge in [-0.2, -0.15) is 18.4 Å². The number of hydrogen-bond acceptors (Lipinski definition) is 1. The molecule has 7 heteroatoms. The van der Waals surface area contributed by atoms with E-state index in [1.54, 1.807) is 6.07 Å². The van der Waals surface area contributed by atoms with Crippen molar-refractivity contribution in [1.82, 2.24) is 9.13 Å². The average Bonchev–Trinajstić information content (AvgIpc) is 3.86. The molecule has 4 nitrogen and oxygen atoms in total. The second-order valence-corrected chi connectivity index (χ2v) is 15.8. The van der Waals surface area contributed by atoms with Crippen molar-refractivity contribution < 1.29 is 13.2 Å². The number of rotatable bonds is 6. The molecule has 0 saturated heterocycles. The van der Waals surface area contributed by atoms with E-state index in [1.807, 2.05) is 91.0 Å². The van der Waals surface area contributed by atoms with Crippen molar-refractivity contribution in [2.45, 2.75) is 6.18 Å². The largest absolute Gasteiger partial charge is 0.415 e. The highest BCUT2D eigenvalue weighted by Gasteiger charge is 2.31. The van der Waals surface area contributed by atoms with Gasteiger partial charge >= 0.3 is 6.18 Å². The maximum absolute atomic E-state index is 14.1. The van der Waals surface area contributed by atoms with E-state index in [9.17, 15) is 18.4 Å². The average molecular weight is 831 g/mol. The number of nitrogens with zero attached hydrogens (tertiary/aromatic N) is 4. The van der Waals surface area contributed by atoms with Crippen LogP contribution in [0.5, 0.6) is 0 Å². The van der Waals surface area contributed by atoms with Crippen LogP contribution in [0.25, 0.3) is 104 Å². The van der Waals surface area contributed by atoms with E-state index in [0.717, 1.165) is 89.4 Å². The zero-order valence-corrected chi connectivity index (χ0v) is 34.0. The van der Waals surface area contributed by atoms with Crippen LogP contribution in [0.15, 0.2) is 200 Å². The fourth-order valence-corrected chi connectivity index (χ4v) is 9.28. The van der Waals surface area contributed by atoms with Crippen molar-refractivity contribution in [2.24, 2.45) is 0 Å². The number of hydrogen-bond donors (Lipinski definition) is 0. The van der Waals surface area contributed by atoms with Crippen molar-refractivity contribution in [2.75, 3.05) is 0 Å². The zero-order chi connectivity index (χ0) is 43.5. The van der Waals surface area contributed by atoms with Gasteiger partial charge in [-0.25, -0.2) is 4.85 Å². The summed E-state index contributed by atoms with van der Waals surface area (Å²) in [6, 6.07) is 66.9. The highest BCUT2D eigenvalue weighted by Crippen LogP contribution is 2.46. The Morgan fingerprint density at radius 3 is 1.58 bits per heavy atom. The molecule has 2 aromatic heterocycles. The van der Waals surface area contributed by atoms with Crippen molar-refractivity contribution >= 4 is 49.3 Å². The lowest BCUT2D eigenvalue weighted by Gasteiger charge is -2.20. The molecule has 11 aromatic rings. The number of aromatic nitrogens is 2. The van der Waals surface area contributed by atoms with Crippen molar-refractivity contribution in [3.63, 3.8) is 0 Å². The highest BCUT2D eigenvalue weighted by atomic mass is 19.4.